The quantitative estimate of drug-likeness (QED) is 0.224. The number of nitrogens with zero attached hydrogens (tertiary/aromatic N) is 2. The minimum absolute atomic E-state index is 0. The summed E-state index contributed by atoms with van der Waals surface area (Å²) in [6.07, 6.45) is 3.86. The number of carbonyl (C=O) groups is 1. The second kappa shape index (κ2) is 14.9. The van der Waals surface area contributed by atoms with Crippen molar-refractivity contribution in [3.05, 3.63) is 81.6 Å². The van der Waals surface area contributed by atoms with Gasteiger partial charge >= 0.3 is 12.6 Å². The molecular formula is C29H27Cl2F2N3O7S2. The zero-order valence-electron chi connectivity index (χ0n) is 23.4. The van der Waals surface area contributed by atoms with Crippen molar-refractivity contribution in [2.45, 2.75) is 42.2 Å². The van der Waals surface area contributed by atoms with E-state index >= 15 is 0 Å². The van der Waals surface area contributed by atoms with E-state index in [1.165, 1.54) is 54.9 Å². The highest BCUT2D eigenvalue weighted by Gasteiger charge is 2.42. The Morgan fingerprint density at radius 3 is 2.42 bits per heavy atom. The molecule has 2 fully saturated rings. The number of sulfonamides is 1. The maximum absolute atomic E-state index is 13.7. The highest BCUT2D eigenvalue weighted by atomic mass is 35.5. The summed E-state index contributed by atoms with van der Waals surface area (Å²) in [7, 11) is -4.12. The number of pyridine rings is 1. The minimum atomic E-state index is -4.12. The van der Waals surface area contributed by atoms with E-state index in [0.717, 1.165) is 28.9 Å². The van der Waals surface area contributed by atoms with Gasteiger partial charge in [0.1, 0.15) is 16.1 Å². The molecule has 2 heterocycles. The van der Waals surface area contributed by atoms with Crippen molar-refractivity contribution >= 4 is 51.0 Å². The summed E-state index contributed by atoms with van der Waals surface area (Å²) < 4.78 is 70.7. The normalized spacial score (nSPS) is 17.3. The molecule has 0 amide bonds. The number of ether oxygens (including phenoxy) is 3. The molecular weight excluding hydrogens is 675 g/mol. The number of nitrogens with one attached hydrogen (secondary N) is 1. The van der Waals surface area contributed by atoms with Crippen LogP contribution in [-0.4, -0.2) is 55.1 Å². The molecule has 2 N–H and O–H groups in total. The number of halogens is 4. The maximum Gasteiger partial charge on any atom is 0.387 e. The summed E-state index contributed by atoms with van der Waals surface area (Å²) in [6, 6.07) is 11.6. The molecule has 0 spiro atoms. The van der Waals surface area contributed by atoms with E-state index in [0.29, 0.717) is 35.0 Å². The van der Waals surface area contributed by atoms with E-state index < -0.39 is 34.1 Å². The van der Waals surface area contributed by atoms with Crippen molar-refractivity contribution < 1.29 is 46.7 Å². The van der Waals surface area contributed by atoms with Crippen LogP contribution in [-0.2, 0) is 26.0 Å². The second-order valence-corrected chi connectivity index (χ2v) is 14.0. The van der Waals surface area contributed by atoms with Gasteiger partial charge in [-0.25, -0.2) is 18.2 Å². The Balaban J connectivity index is 0.00000461. The highest BCUT2D eigenvalue weighted by molar-refractivity contribution is 8.02. The fraction of sp³-hybridized carbons (Fsp3) is 0.345. The molecule has 16 heteroatoms. The number of aromatic amines is 1. The van der Waals surface area contributed by atoms with E-state index in [1.54, 1.807) is 0 Å². The molecule has 45 heavy (non-hydrogen) atoms. The van der Waals surface area contributed by atoms with E-state index in [4.69, 9.17) is 37.9 Å². The van der Waals surface area contributed by atoms with Gasteiger partial charge in [-0.1, -0.05) is 29.3 Å². The summed E-state index contributed by atoms with van der Waals surface area (Å²) in [5, 5.41) is 8.38. The number of carbonyl (C=O) groups excluding carboxylic acids is 1. The number of benzene rings is 2. The van der Waals surface area contributed by atoms with Gasteiger partial charge in [0.2, 0.25) is 10.0 Å². The number of H-pyrrole nitrogens is 1. The molecule has 2 aromatic carbocycles. The summed E-state index contributed by atoms with van der Waals surface area (Å²) in [5.74, 6) is -0.308. The molecule has 0 radical (unpaired) electrons. The molecule has 1 aromatic heterocycles. The lowest BCUT2D eigenvalue weighted by molar-refractivity contribution is -0.377. The van der Waals surface area contributed by atoms with Crippen LogP contribution in [0.5, 0.6) is 11.5 Å². The number of thioether (sulfide) groups is 1. The predicted octanol–water partition coefficient (Wildman–Crippen LogP) is 5.48. The zero-order chi connectivity index (χ0) is 31.4. The Kier molecular flexibility index (Phi) is 11.5. The Labute approximate surface area is 272 Å². The molecule has 2 atom stereocenters. The number of rotatable bonds is 12. The standard InChI is InChI=1S/C29H25Cl2F2N3O6S2.H2O/c30-22-14-35-15-23(31)21(22)12-25(19-5-8-24(42-29(32)33)26(11-19)40-16-18-1-2-18)41-28(37)27-36(9-10-43-27)44(38,39)20-6-3-17(13-34)4-7-20;/h3-8,11,14-15,18,25,27,29H,1-2,9-10,12,16H2;1H2/t25-,27-;/m0./s1. The number of hydrogen-bond acceptors (Lipinski definition) is 9. The summed E-state index contributed by atoms with van der Waals surface area (Å²) in [4.78, 5) is 16.4. The molecule has 2 aliphatic rings. The fourth-order valence-corrected chi connectivity index (χ4v) is 8.11. The van der Waals surface area contributed by atoms with E-state index in [9.17, 15) is 22.0 Å². The van der Waals surface area contributed by atoms with Crippen molar-refractivity contribution in [2.24, 2.45) is 5.92 Å². The number of nitriles is 1. The van der Waals surface area contributed by atoms with Gasteiger partial charge in [-0.15, -0.1) is 11.8 Å². The van der Waals surface area contributed by atoms with Crippen molar-refractivity contribution in [1.29, 1.82) is 5.26 Å². The third-order valence-electron chi connectivity index (χ3n) is 7.01. The molecule has 3 aromatic rings. The van der Waals surface area contributed by atoms with Crippen LogP contribution < -0.4 is 14.5 Å². The zero-order valence-corrected chi connectivity index (χ0v) is 26.5. The number of alkyl halides is 2. The van der Waals surface area contributed by atoms with Crippen LogP contribution in [0.1, 0.15) is 35.6 Å². The Bertz CT molecular complexity index is 1650. The highest BCUT2D eigenvalue weighted by Crippen LogP contribution is 2.39. The summed E-state index contributed by atoms with van der Waals surface area (Å²) in [6.45, 7) is -2.72. The first-order valence-corrected chi connectivity index (χ1v) is 16.7. The van der Waals surface area contributed by atoms with Gasteiger partial charge in [0.25, 0.3) is 0 Å². The lowest BCUT2D eigenvalue weighted by Crippen LogP contribution is -2.40. The van der Waals surface area contributed by atoms with Crippen molar-refractivity contribution in [3.8, 4) is 17.6 Å². The first-order chi connectivity index (χ1) is 21.1. The smallest absolute Gasteiger partial charge is 0.387 e. The molecule has 1 saturated heterocycles. The van der Waals surface area contributed by atoms with Gasteiger partial charge in [0.05, 0.1) is 23.1 Å². The van der Waals surface area contributed by atoms with Gasteiger partial charge in [0.15, 0.2) is 29.3 Å². The number of hydrogen-bond donors (Lipinski definition) is 0. The van der Waals surface area contributed by atoms with Crippen LogP contribution in [0.25, 0.3) is 0 Å². The van der Waals surface area contributed by atoms with Crippen LogP contribution >= 0.6 is 35.0 Å². The monoisotopic (exact) mass is 701 g/mol. The molecule has 0 bridgehead atoms. The van der Waals surface area contributed by atoms with Crippen LogP contribution in [0, 0.1) is 17.2 Å². The molecule has 240 valence electrons. The Morgan fingerprint density at radius 1 is 1.11 bits per heavy atom. The number of esters is 1. The molecule has 0 unspecified atom stereocenters. The summed E-state index contributed by atoms with van der Waals surface area (Å²) >= 11 is 13.9. The SMILES string of the molecule is N#Cc1ccc(S(=O)(=O)N2CCS[C@H]2C(=O)O[C@@H](Cc2c(Cl)c[nH+]cc2Cl)c2ccc(OC(F)F)c(OCC3CC3)c2)cc1.[OH-]. The van der Waals surface area contributed by atoms with E-state index in [-0.39, 0.29) is 44.9 Å². The van der Waals surface area contributed by atoms with Gasteiger partial charge in [-0.2, -0.15) is 18.3 Å². The van der Waals surface area contributed by atoms with Crippen molar-refractivity contribution in [2.75, 3.05) is 18.9 Å². The average Bonchev–Trinajstić information content (AvgIpc) is 3.69. The molecule has 1 saturated carbocycles. The van der Waals surface area contributed by atoms with Crippen molar-refractivity contribution in [1.82, 2.24) is 4.31 Å². The molecule has 10 nitrogen and oxygen atoms in total. The lowest BCUT2D eigenvalue weighted by Gasteiger charge is -2.26. The lowest BCUT2D eigenvalue weighted by atomic mass is 10.0. The third kappa shape index (κ3) is 8.35. The second-order valence-electron chi connectivity index (χ2n) is 10.1. The Morgan fingerprint density at radius 2 is 1.80 bits per heavy atom. The largest absolute Gasteiger partial charge is 0.870 e. The van der Waals surface area contributed by atoms with E-state index in [2.05, 4.69) is 9.72 Å². The van der Waals surface area contributed by atoms with Crippen LogP contribution in [0.4, 0.5) is 8.78 Å². The van der Waals surface area contributed by atoms with Gasteiger partial charge in [-0.05, 0) is 60.7 Å². The fourth-order valence-electron chi connectivity index (χ4n) is 4.53. The van der Waals surface area contributed by atoms with Crippen molar-refractivity contribution in [3.63, 3.8) is 0 Å². The molecule has 1 aliphatic carbocycles. The van der Waals surface area contributed by atoms with Crippen LogP contribution in [0.2, 0.25) is 10.0 Å². The third-order valence-corrected chi connectivity index (χ3v) is 10.9. The number of aromatic nitrogens is 1. The van der Waals surface area contributed by atoms with Crippen LogP contribution in [0.15, 0.2) is 59.8 Å². The molecule has 5 rings (SSSR count). The Hall–Kier alpha value is -3.19. The van der Waals surface area contributed by atoms with Crippen LogP contribution in [0.3, 0.4) is 0 Å². The predicted molar refractivity (Wildman–Crippen MR) is 160 cm³/mol. The van der Waals surface area contributed by atoms with E-state index in [1.807, 2.05) is 6.07 Å². The topological polar surface area (TPSA) is 150 Å². The van der Waals surface area contributed by atoms with Gasteiger partial charge in [0, 0.05) is 24.3 Å². The first kappa shape index (κ1) is 34.7. The molecule has 1 aliphatic heterocycles. The minimum Gasteiger partial charge on any atom is -0.870 e. The first-order valence-electron chi connectivity index (χ1n) is 13.5. The maximum atomic E-state index is 13.7. The average molecular weight is 703 g/mol. The van der Waals surface area contributed by atoms with Gasteiger partial charge in [-0.3, -0.25) is 0 Å². The van der Waals surface area contributed by atoms with Gasteiger partial charge < -0.3 is 19.7 Å². The summed E-state index contributed by atoms with van der Waals surface area (Å²) in [5.41, 5.74) is 1.11.